The molecule has 0 bridgehead atoms. The van der Waals surface area contributed by atoms with E-state index in [4.69, 9.17) is 4.74 Å². The van der Waals surface area contributed by atoms with Crippen molar-refractivity contribution in [1.82, 2.24) is 5.32 Å². The highest BCUT2D eigenvalue weighted by Crippen LogP contribution is 2.29. The van der Waals surface area contributed by atoms with Crippen molar-refractivity contribution < 1.29 is 9.53 Å². The molecule has 84 valence electrons. The van der Waals surface area contributed by atoms with E-state index in [1.165, 1.54) is 6.92 Å². The Morgan fingerprint density at radius 3 is 1.86 bits per heavy atom. The summed E-state index contributed by atoms with van der Waals surface area (Å²) >= 11 is 0. The average Bonchev–Trinajstić information content (AvgIpc) is 1.98. The van der Waals surface area contributed by atoms with Gasteiger partial charge in [0, 0.05) is 14.0 Å². The number of ether oxygens (including phenoxy) is 1. The number of hydrogen-bond donors (Lipinski definition) is 1. The van der Waals surface area contributed by atoms with Gasteiger partial charge in [0.05, 0.1) is 11.6 Å². The SMILES string of the molecule is COC(C)(C)C(NC(C)=O)C(C)(C)C. The number of nitrogens with one attached hydrogen (secondary N) is 1. The minimum absolute atomic E-state index is 0.00231. The van der Waals surface area contributed by atoms with Gasteiger partial charge in [-0.15, -0.1) is 0 Å². The van der Waals surface area contributed by atoms with Crippen molar-refractivity contribution in [2.75, 3.05) is 7.11 Å². The molecule has 1 N–H and O–H groups in total. The molecule has 0 aliphatic carbocycles. The summed E-state index contributed by atoms with van der Waals surface area (Å²) in [6, 6.07) is -0.00231. The standard InChI is InChI=1S/C11H23NO2/c1-8(13)12-9(10(2,3)4)11(5,6)14-7/h9H,1-7H3,(H,12,13). The zero-order chi connectivity index (χ0) is 11.6. The minimum atomic E-state index is -0.357. The third kappa shape index (κ3) is 3.66. The molecule has 0 spiro atoms. The van der Waals surface area contributed by atoms with Gasteiger partial charge in [-0.2, -0.15) is 0 Å². The number of rotatable bonds is 3. The van der Waals surface area contributed by atoms with Crippen molar-refractivity contribution in [2.24, 2.45) is 5.41 Å². The fraction of sp³-hybridized carbons (Fsp3) is 0.909. The van der Waals surface area contributed by atoms with E-state index in [9.17, 15) is 4.79 Å². The fourth-order valence-electron chi connectivity index (χ4n) is 1.75. The van der Waals surface area contributed by atoms with E-state index in [1.54, 1.807) is 7.11 Å². The predicted octanol–water partition coefficient (Wildman–Crippen LogP) is 1.96. The van der Waals surface area contributed by atoms with E-state index in [1.807, 2.05) is 13.8 Å². The number of carbonyl (C=O) groups excluding carboxylic acids is 1. The lowest BCUT2D eigenvalue weighted by atomic mass is 9.77. The zero-order valence-corrected chi connectivity index (χ0v) is 10.4. The molecule has 0 radical (unpaired) electrons. The first-order valence-electron chi connectivity index (χ1n) is 4.93. The van der Waals surface area contributed by atoms with Crippen LogP contribution in [0.15, 0.2) is 0 Å². The second kappa shape index (κ2) is 4.30. The molecule has 1 amide bonds. The topological polar surface area (TPSA) is 38.3 Å². The number of methoxy groups -OCH3 is 1. The van der Waals surface area contributed by atoms with Gasteiger partial charge < -0.3 is 10.1 Å². The second-order valence-electron chi connectivity index (χ2n) is 5.31. The van der Waals surface area contributed by atoms with E-state index in [0.717, 1.165) is 0 Å². The van der Waals surface area contributed by atoms with Crippen LogP contribution in [0, 0.1) is 5.41 Å². The van der Waals surface area contributed by atoms with Crippen molar-refractivity contribution in [1.29, 1.82) is 0 Å². The lowest BCUT2D eigenvalue weighted by Crippen LogP contribution is -2.56. The summed E-state index contributed by atoms with van der Waals surface area (Å²) in [7, 11) is 1.67. The van der Waals surface area contributed by atoms with Crippen molar-refractivity contribution in [2.45, 2.75) is 53.2 Å². The molecule has 0 heterocycles. The van der Waals surface area contributed by atoms with Gasteiger partial charge in [-0.25, -0.2) is 0 Å². The smallest absolute Gasteiger partial charge is 0.217 e. The Labute approximate surface area is 87.2 Å². The van der Waals surface area contributed by atoms with E-state index in [-0.39, 0.29) is 23.0 Å². The lowest BCUT2D eigenvalue weighted by molar-refractivity contribution is -0.124. The van der Waals surface area contributed by atoms with Crippen LogP contribution in [0.5, 0.6) is 0 Å². The Morgan fingerprint density at radius 2 is 1.64 bits per heavy atom. The maximum Gasteiger partial charge on any atom is 0.217 e. The third-order valence-electron chi connectivity index (χ3n) is 2.43. The quantitative estimate of drug-likeness (QED) is 0.758. The molecule has 0 aliphatic rings. The molecular weight excluding hydrogens is 178 g/mol. The largest absolute Gasteiger partial charge is 0.377 e. The molecule has 1 unspecified atom stereocenters. The van der Waals surface area contributed by atoms with Crippen LogP contribution in [-0.4, -0.2) is 24.7 Å². The van der Waals surface area contributed by atoms with Crippen LogP contribution in [0.4, 0.5) is 0 Å². The van der Waals surface area contributed by atoms with Gasteiger partial charge in [0.15, 0.2) is 0 Å². The van der Waals surface area contributed by atoms with Gasteiger partial charge >= 0.3 is 0 Å². The Hall–Kier alpha value is -0.570. The molecule has 0 fully saturated rings. The summed E-state index contributed by atoms with van der Waals surface area (Å²) < 4.78 is 5.41. The number of amides is 1. The molecule has 3 nitrogen and oxygen atoms in total. The van der Waals surface area contributed by atoms with Crippen LogP contribution >= 0.6 is 0 Å². The monoisotopic (exact) mass is 201 g/mol. The van der Waals surface area contributed by atoms with Crippen LogP contribution in [0.25, 0.3) is 0 Å². The number of hydrogen-bond acceptors (Lipinski definition) is 2. The van der Waals surface area contributed by atoms with Gasteiger partial charge in [-0.3, -0.25) is 4.79 Å². The van der Waals surface area contributed by atoms with Crippen molar-refractivity contribution >= 4 is 5.91 Å². The van der Waals surface area contributed by atoms with Crippen LogP contribution < -0.4 is 5.32 Å². The highest BCUT2D eigenvalue weighted by molar-refractivity contribution is 5.73. The Morgan fingerprint density at radius 1 is 1.21 bits per heavy atom. The summed E-state index contributed by atoms with van der Waals surface area (Å²) in [5, 5.41) is 2.95. The fourth-order valence-corrected chi connectivity index (χ4v) is 1.75. The third-order valence-corrected chi connectivity index (χ3v) is 2.43. The summed E-state index contributed by atoms with van der Waals surface area (Å²) in [5.41, 5.74) is -0.380. The molecule has 0 aliphatic heterocycles. The molecule has 0 saturated carbocycles. The van der Waals surface area contributed by atoms with E-state index < -0.39 is 0 Å². The second-order valence-corrected chi connectivity index (χ2v) is 5.31. The van der Waals surface area contributed by atoms with Crippen LogP contribution in [-0.2, 0) is 9.53 Å². The predicted molar refractivity (Wildman–Crippen MR) is 58.1 cm³/mol. The molecule has 3 heteroatoms. The van der Waals surface area contributed by atoms with Crippen LogP contribution in [0.1, 0.15) is 41.5 Å². The van der Waals surface area contributed by atoms with E-state index >= 15 is 0 Å². The molecule has 0 aromatic carbocycles. The molecule has 14 heavy (non-hydrogen) atoms. The van der Waals surface area contributed by atoms with Crippen LogP contribution in [0.3, 0.4) is 0 Å². The van der Waals surface area contributed by atoms with Gasteiger partial charge in [-0.05, 0) is 19.3 Å². The lowest BCUT2D eigenvalue weighted by Gasteiger charge is -2.42. The average molecular weight is 201 g/mol. The first-order chi connectivity index (χ1) is 6.11. The highest BCUT2D eigenvalue weighted by Gasteiger charge is 2.38. The summed E-state index contributed by atoms with van der Waals surface area (Å²) in [4.78, 5) is 11.1. The molecular formula is C11H23NO2. The summed E-state index contributed by atoms with van der Waals surface area (Å²) in [6.45, 7) is 11.8. The van der Waals surface area contributed by atoms with Crippen molar-refractivity contribution in [3.63, 3.8) is 0 Å². The highest BCUT2D eigenvalue weighted by atomic mass is 16.5. The van der Waals surface area contributed by atoms with Gasteiger partial charge in [0.2, 0.25) is 5.91 Å². The Balaban J connectivity index is 4.82. The Bertz CT molecular complexity index is 204. The molecule has 0 aromatic rings. The normalized spacial score (nSPS) is 15.1. The van der Waals surface area contributed by atoms with Crippen molar-refractivity contribution in [3.05, 3.63) is 0 Å². The first kappa shape index (κ1) is 13.4. The maximum atomic E-state index is 11.1. The van der Waals surface area contributed by atoms with E-state index in [2.05, 4.69) is 26.1 Å². The van der Waals surface area contributed by atoms with E-state index in [0.29, 0.717) is 0 Å². The molecule has 0 saturated heterocycles. The van der Waals surface area contributed by atoms with Gasteiger partial charge in [-0.1, -0.05) is 20.8 Å². The maximum absolute atomic E-state index is 11.1. The molecule has 0 rings (SSSR count). The van der Waals surface area contributed by atoms with Crippen LogP contribution in [0.2, 0.25) is 0 Å². The Kier molecular flexibility index (Phi) is 4.13. The minimum Gasteiger partial charge on any atom is -0.377 e. The van der Waals surface area contributed by atoms with Gasteiger partial charge in [0.1, 0.15) is 0 Å². The summed E-state index contributed by atoms with van der Waals surface area (Å²) in [5.74, 6) is -0.0185. The van der Waals surface area contributed by atoms with Gasteiger partial charge in [0.25, 0.3) is 0 Å². The molecule has 0 aromatic heterocycles. The zero-order valence-electron chi connectivity index (χ0n) is 10.4. The summed E-state index contributed by atoms with van der Waals surface area (Å²) in [6.07, 6.45) is 0. The number of carbonyl (C=O) groups is 1. The first-order valence-corrected chi connectivity index (χ1v) is 4.93. The van der Waals surface area contributed by atoms with Crippen molar-refractivity contribution in [3.8, 4) is 0 Å². The molecule has 1 atom stereocenters.